The summed E-state index contributed by atoms with van der Waals surface area (Å²) in [5.41, 5.74) is -0.786. The van der Waals surface area contributed by atoms with Gasteiger partial charge in [-0.05, 0) is 18.3 Å². The molecule has 1 saturated carbocycles. The Morgan fingerprint density at radius 3 is 2.58 bits per heavy atom. The molecule has 0 atom stereocenters. The van der Waals surface area contributed by atoms with Crippen LogP contribution < -0.4 is 20.9 Å². The fourth-order valence-electron chi connectivity index (χ4n) is 3.15. The minimum absolute atomic E-state index is 0.0431. The highest BCUT2D eigenvalue weighted by atomic mass is 16.5. The third kappa shape index (κ3) is 4.30. The molecule has 0 aliphatic heterocycles. The number of hydrogen-bond donors (Lipinski definition) is 3. The van der Waals surface area contributed by atoms with E-state index in [0.717, 1.165) is 12.8 Å². The molecule has 3 heterocycles. The number of nitrogens with zero attached hydrogens (tertiary/aromatic N) is 5. The van der Waals surface area contributed by atoms with Gasteiger partial charge in [-0.3, -0.25) is 14.2 Å². The van der Waals surface area contributed by atoms with Gasteiger partial charge in [0.25, 0.3) is 11.5 Å². The highest BCUT2D eigenvalue weighted by Crippen LogP contribution is 2.25. The highest BCUT2D eigenvalue weighted by Gasteiger charge is 2.30. The molecule has 1 amide bonds. The topological polar surface area (TPSA) is 136 Å². The standard InChI is InChI=1S/C20H25N7O4/c1-20(2,3)10-26-15-7-12(24-13-8-22-14(31-4)9-21-13)25-27(15)19(30)16(18(26)29)17(28)23-11-5-6-11/h7-9,11,30H,5-6,10H2,1-4H3,(H,23,28)(H,21,24,25). The van der Waals surface area contributed by atoms with Gasteiger partial charge in [-0.2, -0.15) is 4.52 Å². The Hall–Kier alpha value is -3.63. The van der Waals surface area contributed by atoms with Crippen LogP contribution in [-0.2, 0) is 6.54 Å². The number of nitrogens with one attached hydrogen (secondary N) is 2. The number of rotatable bonds is 6. The molecule has 1 aliphatic rings. The summed E-state index contributed by atoms with van der Waals surface area (Å²) >= 11 is 0. The van der Waals surface area contributed by atoms with E-state index in [0.29, 0.717) is 29.7 Å². The summed E-state index contributed by atoms with van der Waals surface area (Å²) in [4.78, 5) is 34.1. The Bertz CT molecular complexity index is 1190. The first-order valence-corrected chi connectivity index (χ1v) is 9.96. The zero-order chi connectivity index (χ0) is 22.3. The van der Waals surface area contributed by atoms with Crippen LogP contribution in [0.3, 0.4) is 0 Å². The Balaban J connectivity index is 1.80. The van der Waals surface area contributed by atoms with Gasteiger partial charge in [-0.1, -0.05) is 20.8 Å². The van der Waals surface area contributed by atoms with E-state index in [1.165, 1.54) is 28.6 Å². The molecule has 1 fully saturated rings. The molecule has 0 spiro atoms. The molecule has 1 aliphatic carbocycles. The maximum Gasteiger partial charge on any atom is 0.270 e. The van der Waals surface area contributed by atoms with Crippen molar-refractivity contribution in [3.63, 3.8) is 0 Å². The van der Waals surface area contributed by atoms with Crippen molar-refractivity contribution in [2.45, 2.75) is 46.2 Å². The van der Waals surface area contributed by atoms with Crippen molar-refractivity contribution in [2.24, 2.45) is 5.41 Å². The van der Waals surface area contributed by atoms with Gasteiger partial charge in [0.15, 0.2) is 11.4 Å². The summed E-state index contributed by atoms with van der Waals surface area (Å²) in [6, 6.07) is 1.66. The Morgan fingerprint density at radius 2 is 2.00 bits per heavy atom. The summed E-state index contributed by atoms with van der Waals surface area (Å²) in [6.45, 7) is 6.27. The first-order chi connectivity index (χ1) is 14.7. The Morgan fingerprint density at radius 1 is 1.26 bits per heavy atom. The highest BCUT2D eigenvalue weighted by molar-refractivity contribution is 5.96. The lowest BCUT2D eigenvalue weighted by Crippen LogP contribution is -2.37. The second kappa shape index (κ2) is 7.56. The maximum atomic E-state index is 13.2. The first kappa shape index (κ1) is 20.6. The molecule has 31 heavy (non-hydrogen) atoms. The quantitative estimate of drug-likeness (QED) is 0.541. The largest absolute Gasteiger partial charge is 0.492 e. The van der Waals surface area contributed by atoms with Crippen molar-refractivity contribution in [3.05, 3.63) is 34.4 Å². The molecule has 0 aromatic carbocycles. The number of amides is 1. The van der Waals surface area contributed by atoms with Crippen molar-refractivity contribution in [1.29, 1.82) is 0 Å². The van der Waals surface area contributed by atoms with Gasteiger partial charge < -0.3 is 20.5 Å². The monoisotopic (exact) mass is 427 g/mol. The van der Waals surface area contributed by atoms with Crippen LogP contribution in [0.4, 0.5) is 11.6 Å². The smallest absolute Gasteiger partial charge is 0.270 e. The van der Waals surface area contributed by atoms with Crippen LogP contribution in [0.25, 0.3) is 5.65 Å². The molecule has 164 valence electrons. The van der Waals surface area contributed by atoms with Gasteiger partial charge in [-0.25, -0.2) is 9.97 Å². The Kier molecular flexibility index (Phi) is 5.03. The molecule has 11 heteroatoms. The van der Waals surface area contributed by atoms with E-state index in [1.807, 2.05) is 20.8 Å². The number of aromatic nitrogens is 5. The van der Waals surface area contributed by atoms with Crippen LogP contribution in [0.5, 0.6) is 11.8 Å². The van der Waals surface area contributed by atoms with E-state index >= 15 is 0 Å². The fraction of sp³-hybridized carbons (Fsp3) is 0.450. The number of fused-ring (bicyclic) bond motifs is 1. The summed E-state index contributed by atoms with van der Waals surface area (Å²) in [6.07, 6.45) is 4.65. The number of carbonyl (C=O) groups excluding carboxylic acids is 1. The molecule has 3 aromatic rings. The van der Waals surface area contributed by atoms with Gasteiger partial charge in [0.2, 0.25) is 11.8 Å². The van der Waals surface area contributed by atoms with Crippen LogP contribution in [-0.4, -0.2) is 48.3 Å². The third-order valence-corrected chi connectivity index (χ3v) is 4.72. The normalized spacial score (nSPS) is 13.9. The van der Waals surface area contributed by atoms with E-state index in [2.05, 4.69) is 25.7 Å². The molecule has 3 aromatic heterocycles. The first-order valence-electron chi connectivity index (χ1n) is 9.96. The van der Waals surface area contributed by atoms with Crippen LogP contribution in [0.2, 0.25) is 0 Å². The third-order valence-electron chi connectivity index (χ3n) is 4.72. The summed E-state index contributed by atoms with van der Waals surface area (Å²) in [5, 5.41) is 20.8. The lowest BCUT2D eigenvalue weighted by atomic mass is 9.97. The number of carbonyl (C=O) groups is 1. The minimum Gasteiger partial charge on any atom is -0.492 e. The lowest BCUT2D eigenvalue weighted by molar-refractivity contribution is 0.0944. The lowest BCUT2D eigenvalue weighted by Gasteiger charge is -2.21. The zero-order valence-corrected chi connectivity index (χ0v) is 17.8. The molecular formula is C20H25N7O4. The number of anilines is 2. The van der Waals surface area contributed by atoms with Crippen molar-refractivity contribution in [1.82, 2.24) is 29.5 Å². The van der Waals surface area contributed by atoms with Crippen molar-refractivity contribution in [3.8, 4) is 11.8 Å². The number of hydrogen-bond acceptors (Lipinski definition) is 8. The molecule has 4 rings (SSSR count). The van der Waals surface area contributed by atoms with Gasteiger partial charge in [-0.15, -0.1) is 5.10 Å². The van der Waals surface area contributed by atoms with Crippen LogP contribution in [0, 0.1) is 5.41 Å². The average molecular weight is 427 g/mol. The molecule has 11 nitrogen and oxygen atoms in total. The molecule has 0 saturated heterocycles. The second-order valence-corrected chi connectivity index (χ2v) is 8.77. The number of ether oxygens (including phenoxy) is 1. The van der Waals surface area contributed by atoms with E-state index in [4.69, 9.17) is 4.74 Å². The molecule has 0 radical (unpaired) electrons. The van der Waals surface area contributed by atoms with Gasteiger partial charge in [0, 0.05) is 18.7 Å². The summed E-state index contributed by atoms with van der Waals surface area (Å²) < 4.78 is 7.64. The van der Waals surface area contributed by atoms with Gasteiger partial charge in [0.1, 0.15) is 11.5 Å². The molecule has 0 bridgehead atoms. The van der Waals surface area contributed by atoms with Gasteiger partial charge >= 0.3 is 0 Å². The maximum absolute atomic E-state index is 13.2. The van der Waals surface area contributed by atoms with Gasteiger partial charge in [0.05, 0.1) is 19.5 Å². The fourth-order valence-corrected chi connectivity index (χ4v) is 3.15. The van der Waals surface area contributed by atoms with E-state index in [9.17, 15) is 14.7 Å². The van der Waals surface area contributed by atoms with E-state index < -0.39 is 17.3 Å². The Labute approximate surface area is 178 Å². The van der Waals surface area contributed by atoms with E-state index in [-0.39, 0.29) is 17.0 Å². The molecule has 3 N–H and O–H groups in total. The van der Waals surface area contributed by atoms with Crippen molar-refractivity contribution in [2.75, 3.05) is 12.4 Å². The predicted molar refractivity (Wildman–Crippen MR) is 113 cm³/mol. The number of aromatic hydroxyl groups is 1. The van der Waals surface area contributed by atoms with Crippen LogP contribution in [0.1, 0.15) is 44.0 Å². The second-order valence-electron chi connectivity index (χ2n) is 8.77. The SMILES string of the molecule is COc1cnc(Nc2cc3n(CC(C)(C)C)c(=O)c(C(=O)NC4CC4)c(O)n3n2)cn1. The predicted octanol–water partition coefficient (Wildman–Crippen LogP) is 1.68. The zero-order valence-electron chi connectivity index (χ0n) is 17.8. The van der Waals surface area contributed by atoms with E-state index in [1.54, 1.807) is 6.07 Å². The summed E-state index contributed by atoms with van der Waals surface area (Å²) in [5.74, 6) is -0.00187. The van der Waals surface area contributed by atoms with Crippen molar-refractivity contribution < 1.29 is 14.6 Å². The number of methoxy groups -OCH3 is 1. The van der Waals surface area contributed by atoms with Crippen LogP contribution >= 0.6 is 0 Å². The molecule has 0 unspecified atom stereocenters. The minimum atomic E-state index is -0.597. The summed E-state index contributed by atoms with van der Waals surface area (Å²) in [7, 11) is 1.49. The van der Waals surface area contributed by atoms with Crippen molar-refractivity contribution >= 4 is 23.2 Å². The average Bonchev–Trinajstić information content (AvgIpc) is 3.41. The molecular weight excluding hydrogens is 402 g/mol. The van der Waals surface area contributed by atoms with Crippen LogP contribution in [0.15, 0.2) is 23.3 Å².